The molecule has 5 heteroatoms. The van der Waals surface area contributed by atoms with Crippen molar-refractivity contribution in [2.24, 2.45) is 5.92 Å². The van der Waals surface area contributed by atoms with E-state index in [2.05, 4.69) is 57.3 Å². The Morgan fingerprint density at radius 1 is 1.20 bits per heavy atom. The van der Waals surface area contributed by atoms with Crippen molar-refractivity contribution >= 4 is 0 Å². The lowest BCUT2D eigenvalue weighted by atomic mass is 10.1. The highest BCUT2D eigenvalue weighted by molar-refractivity contribution is 5.43. The Hall–Kier alpha value is -2.01. The van der Waals surface area contributed by atoms with Crippen LogP contribution < -0.4 is 14.8 Å². The number of benzene rings is 1. The number of hydrogen-bond acceptors (Lipinski definition) is 4. The SMILES string of the molecule is CCn1cc(C(C)NCc2ccc(OCC(C)C)c(OC)c2)c(C)n1. The van der Waals surface area contributed by atoms with E-state index in [0.717, 1.165) is 30.3 Å². The van der Waals surface area contributed by atoms with E-state index in [0.29, 0.717) is 12.5 Å². The summed E-state index contributed by atoms with van der Waals surface area (Å²) in [5, 5.41) is 8.08. The number of methoxy groups -OCH3 is 1. The summed E-state index contributed by atoms with van der Waals surface area (Å²) in [5.74, 6) is 2.06. The van der Waals surface area contributed by atoms with Crippen molar-refractivity contribution in [3.8, 4) is 11.5 Å². The number of aryl methyl sites for hydroxylation is 2. The smallest absolute Gasteiger partial charge is 0.161 e. The van der Waals surface area contributed by atoms with E-state index in [-0.39, 0.29) is 6.04 Å². The Morgan fingerprint density at radius 3 is 2.56 bits per heavy atom. The van der Waals surface area contributed by atoms with Gasteiger partial charge in [0.2, 0.25) is 0 Å². The van der Waals surface area contributed by atoms with Crippen molar-refractivity contribution < 1.29 is 9.47 Å². The van der Waals surface area contributed by atoms with Gasteiger partial charge < -0.3 is 14.8 Å². The molecule has 0 radical (unpaired) electrons. The first-order valence-electron chi connectivity index (χ1n) is 9.01. The minimum atomic E-state index is 0.239. The van der Waals surface area contributed by atoms with E-state index < -0.39 is 0 Å². The maximum Gasteiger partial charge on any atom is 0.161 e. The fraction of sp³-hybridized carbons (Fsp3) is 0.550. The van der Waals surface area contributed by atoms with Gasteiger partial charge in [-0.25, -0.2) is 0 Å². The number of rotatable bonds is 9. The zero-order chi connectivity index (χ0) is 18.4. The molecule has 0 aliphatic heterocycles. The number of nitrogens with one attached hydrogen (secondary N) is 1. The lowest BCUT2D eigenvalue weighted by molar-refractivity contribution is 0.256. The van der Waals surface area contributed by atoms with Gasteiger partial charge in [-0.3, -0.25) is 4.68 Å². The molecule has 0 aliphatic rings. The topological polar surface area (TPSA) is 48.3 Å². The van der Waals surface area contributed by atoms with Crippen molar-refractivity contribution in [1.29, 1.82) is 0 Å². The van der Waals surface area contributed by atoms with Gasteiger partial charge in [-0.15, -0.1) is 0 Å². The van der Waals surface area contributed by atoms with Crippen LogP contribution in [0.3, 0.4) is 0 Å². The third kappa shape index (κ3) is 5.23. The van der Waals surface area contributed by atoms with Gasteiger partial charge in [0.05, 0.1) is 19.4 Å². The molecule has 0 spiro atoms. The van der Waals surface area contributed by atoms with Gasteiger partial charge >= 0.3 is 0 Å². The Balaban J connectivity index is 2.01. The van der Waals surface area contributed by atoms with Crippen LogP contribution in [0.4, 0.5) is 0 Å². The van der Waals surface area contributed by atoms with E-state index >= 15 is 0 Å². The first kappa shape index (κ1) is 19.3. The van der Waals surface area contributed by atoms with Crippen molar-refractivity contribution in [2.45, 2.75) is 53.8 Å². The maximum atomic E-state index is 5.81. The summed E-state index contributed by atoms with van der Waals surface area (Å²) < 4.78 is 13.3. The molecular formula is C20H31N3O2. The molecule has 0 saturated heterocycles. The summed E-state index contributed by atoms with van der Waals surface area (Å²) in [5.41, 5.74) is 3.49. The van der Waals surface area contributed by atoms with Gasteiger partial charge in [0, 0.05) is 30.9 Å². The Bertz CT molecular complexity index is 680. The Labute approximate surface area is 151 Å². The van der Waals surface area contributed by atoms with Crippen LogP contribution in [-0.4, -0.2) is 23.5 Å². The van der Waals surface area contributed by atoms with Crippen LogP contribution in [0, 0.1) is 12.8 Å². The normalized spacial score (nSPS) is 12.4. The summed E-state index contributed by atoms with van der Waals surface area (Å²) in [7, 11) is 1.68. The summed E-state index contributed by atoms with van der Waals surface area (Å²) in [4.78, 5) is 0. The molecule has 0 fully saturated rings. The highest BCUT2D eigenvalue weighted by Gasteiger charge is 2.13. The molecule has 25 heavy (non-hydrogen) atoms. The molecule has 1 unspecified atom stereocenters. The number of ether oxygens (including phenoxy) is 2. The van der Waals surface area contributed by atoms with Crippen LogP contribution in [0.2, 0.25) is 0 Å². The predicted octanol–water partition coefficient (Wildman–Crippen LogP) is 4.11. The second-order valence-corrected chi connectivity index (χ2v) is 6.82. The van der Waals surface area contributed by atoms with Crippen LogP contribution in [0.15, 0.2) is 24.4 Å². The molecule has 0 saturated carbocycles. The number of hydrogen-bond donors (Lipinski definition) is 1. The van der Waals surface area contributed by atoms with E-state index in [1.54, 1.807) is 7.11 Å². The van der Waals surface area contributed by atoms with E-state index in [4.69, 9.17) is 9.47 Å². The molecule has 2 rings (SSSR count). The van der Waals surface area contributed by atoms with Gasteiger partial charge in [0.25, 0.3) is 0 Å². The average molecular weight is 345 g/mol. The zero-order valence-corrected chi connectivity index (χ0v) is 16.3. The molecule has 0 amide bonds. The molecule has 1 N–H and O–H groups in total. The third-order valence-corrected chi connectivity index (χ3v) is 4.19. The van der Waals surface area contributed by atoms with E-state index in [1.807, 2.05) is 16.8 Å². The monoisotopic (exact) mass is 345 g/mol. The van der Waals surface area contributed by atoms with Gasteiger partial charge in [-0.1, -0.05) is 19.9 Å². The number of nitrogens with zero attached hydrogens (tertiary/aromatic N) is 2. The van der Waals surface area contributed by atoms with Crippen LogP contribution >= 0.6 is 0 Å². The van der Waals surface area contributed by atoms with E-state index in [9.17, 15) is 0 Å². The third-order valence-electron chi connectivity index (χ3n) is 4.19. The average Bonchev–Trinajstić information content (AvgIpc) is 2.99. The fourth-order valence-corrected chi connectivity index (χ4v) is 2.70. The van der Waals surface area contributed by atoms with Crippen LogP contribution in [0.5, 0.6) is 11.5 Å². The second-order valence-electron chi connectivity index (χ2n) is 6.82. The molecule has 1 aromatic carbocycles. The largest absolute Gasteiger partial charge is 0.493 e. The standard InChI is InChI=1S/C20H31N3O2/c1-7-23-12-18(16(5)22-23)15(4)21-11-17-8-9-19(20(10-17)24-6)25-13-14(2)3/h8-10,12,14-15,21H,7,11,13H2,1-6H3. The second kappa shape index (κ2) is 8.90. The predicted molar refractivity (Wildman–Crippen MR) is 101 cm³/mol. The van der Waals surface area contributed by atoms with Gasteiger partial charge in [0.1, 0.15) is 0 Å². The van der Waals surface area contributed by atoms with Crippen molar-refractivity contribution in [3.63, 3.8) is 0 Å². The van der Waals surface area contributed by atoms with Crippen molar-refractivity contribution in [2.75, 3.05) is 13.7 Å². The van der Waals surface area contributed by atoms with Crippen LogP contribution in [0.25, 0.3) is 0 Å². The van der Waals surface area contributed by atoms with E-state index in [1.165, 1.54) is 11.1 Å². The molecule has 1 heterocycles. The van der Waals surface area contributed by atoms with Crippen molar-refractivity contribution in [3.05, 3.63) is 41.2 Å². The molecule has 1 atom stereocenters. The quantitative estimate of drug-likeness (QED) is 0.743. The Morgan fingerprint density at radius 2 is 1.96 bits per heavy atom. The van der Waals surface area contributed by atoms with Gasteiger partial charge in [-0.05, 0) is 44.4 Å². The maximum absolute atomic E-state index is 5.81. The first-order valence-corrected chi connectivity index (χ1v) is 9.01. The lowest BCUT2D eigenvalue weighted by Crippen LogP contribution is -2.18. The van der Waals surface area contributed by atoms with Crippen LogP contribution in [0.1, 0.15) is 50.6 Å². The minimum absolute atomic E-state index is 0.239. The molecular weight excluding hydrogens is 314 g/mol. The van der Waals surface area contributed by atoms with Crippen molar-refractivity contribution in [1.82, 2.24) is 15.1 Å². The highest BCUT2D eigenvalue weighted by Crippen LogP contribution is 2.29. The number of aromatic nitrogens is 2. The fourth-order valence-electron chi connectivity index (χ4n) is 2.70. The summed E-state index contributed by atoms with van der Waals surface area (Å²) in [6.45, 7) is 12.9. The molecule has 1 aromatic heterocycles. The summed E-state index contributed by atoms with van der Waals surface area (Å²) in [6, 6.07) is 6.35. The highest BCUT2D eigenvalue weighted by atomic mass is 16.5. The first-order chi connectivity index (χ1) is 11.9. The van der Waals surface area contributed by atoms with Gasteiger partial charge in [-0.2, -0.15) is 5.10 Å². The minimum Gasteiger partial charge on any atom is -0.493 e. The molecule has 5 nitrogen and oxygen atoms in total. The van der Waals surface area contributed by atoms with Crippen LogP contribution in [-0.2, 0) is 13.1 Å². The lowest BCUT2D eigenvalue weighted by Gasteiger charge is -2.16. The Kier molecular flexibility index (Phi) is 6.88. The molecule has 0 aliphatic carbocycles. The molecule has 2 aromatic rings. The summed E-state index contributed by atoms with van der Waals surface area (Å²) in [6.07, 6.45) is 2.12. The van der Waals surface area contributed by atoms with Gasteiger partial charge in [0.15, 0.2) is 11.5 Å². The zero-order valence-electron chi connectivity index (χ0n) is 16.3. The summed E-state index contributed by atoms with van der Waals surface area (Å²) >= 11 is 0. The molecule has 138 valence electrons. The molecule has 0 bridgehead atoms.